The van der Waals surface area contributed by atoms with Gasteiger partial charge in [0.2, 0.25) is 0 Å². The Morgan fingerprint density at radius 3 is 2.69 bits per heavy atom. The molecule has 1 aromatic rings. The third kappa shape index (κ3) is 3.91. The molecule has 92 valence electrons. The van der Waals surface area contributed by atoms with Gasteiger partial charge in [-0.25, -0.2) is 0 Å². The zero-order valence-corrected chi connectivity index (χ0v) is 12.2. The van der Waals surface area contributed by atoms with Crippen LogP contribution in [0.2, 0.25) is 0 Å². The largest absolute Gasteiger partial charge is 0.314 e. The second kappa shape index (κ2) is 6.40. The van der Waals surface area contributed by atoms with E-state index in [2.05, 4.69) is 58.7 Å². The number of rotatable bonds is 6. The van der Waals surface area contributed by atoms with E-state index in [4.69, 9.17) is 0 Å². The Labute approximate surface area is 107 Å². The molecule has 0 aromatic carbocycles. The molecule has 0 aliphatic heterocycles. The number of hydrogen-bond acceptors (Lipinski definition) is 2. The highest BCUT2D eigenvalue weighted by atomic mass is 79.9. The van der Waals surface area contributed by atoms with Gasteiger partial charge >= 0.3 is 0 Å². The molecular formula is C12H22BrN3. The van der Waals surface area contributed by atoms with E-state index in [0.29, 0.717) is 12.0 Å². The summed E-state index contributed by atoms with van der Waals surface area (Å²) in [4.78, 5) is 0. The van der Waals surface area contributed by atoms with E-state index in [1.807, 2.05) is 6.20 Å². The molecule has 0 saturated heterocycles. The number of aryl methyl sites for hydroxylation is 1. The molecule has 1 unspecified atom stereocenters. The van der Waals surface area contributed by atoms with Crippen molar-refractivity contribution in [2.75, 3.05) is 6.54 Å². The molecule has 0 fully saturated rings. The van der Waals surface area contributed by atoms with Crippen molar-refractivity contribution in [3.05, 3.63) is 16.4 Å². The predicted molar refractivity (Wildman–Crippen MR) is 71.6 cm³/mol. The van der Waals surface area contributed by atoms with Crippen LogP contribution >= 0.6 is 15.9 Å². The molecule has 0 spiro atoms. The minimum atomic E-state index is 0.557. The van der Waals surface area contributed by atoms with Crippen molar-refractivity contribution >= 4 is 15.9 Å². The highest BCUT2D eigenvalue weighted by Gasteiger charge is 2.12. The normalized spacial score (nSPS) is 13.4. The van der Waals surface area contributed by atoms with Crippen LogP contribution in [0.15, 0.2) is 10.7 Å². The lowest BCUT2D eigenvalue weighted by Crippen LogP contribution is -2.29. The van der Waals surface area contributed by atoms with Crippen molar-refractivity contribution in [2.45, 2.75) is 46.7 Å². The highest BCUT2D eigenvalue weighted by molar-refractivity contribution is 9.10. The van der Waals surface area contributed by atoms with Gasteiger partial charge in [-0.3, -0.25) is 4.68 Å². The zero-order chi connectivity index (χ0) is 12.1. The highest BCUT2D eigenvalue weighted by Crippen LogP contribution is 2.19. The monoisotopic (exact) mass is 287 g/mol. The van der Waals surface area contributed by atoms with Gasteiger partial charge in [0, 0.05) is 12.6 Å². The fourth-order valence-electron chi connectivity index (χ4n) is 1.70. The summed E-state index contributed by atoms with van der Waals surface area (Å²) in [7, 11) is 0. The zero-order valence-electron chi connectivity index (χ0n) is 10.6. The minimum Gasteiger partial charge on any atom is -0.314 e. The molecule has 0 aliphatic carbocycles. The van der Waals surface area contributed by atoms with Crippen LogP contribution in [0.25, 0.3) is 0 Å². The lowest BCUT2D eigenvalue weighted by molar-refractivity contribution is 0.460. The molecule has 1 aromatic heterocycles. The second-order valence-electron chi connectivity index (χ2n) is 4.63. The van der Waals surface area contributed by atoms with Gasteiger partial charge < -0.3 is 5.32 Å². The second-order valence-corrected chi connectivity index (χ2v) is 5.48. The average molecular weight is 288 g/mol. The molecule has 0 aliphatic rings. The Bertz CT molecular complexity index is 320. The van der Waals surface area contributed by atoms with Crippen LogP contribution in [0.5, 0.6) is 0 Å². The van der Waals surface area contributed by atoms with Crippen LogP contribution in [0, 0.1) is 5.92 Å². The molecule has 0 radical (unpaired) electrons. The maximum absolute atomic E-state index is 4.33. The van der Waals surface area contributed by atoms with Crippen molar-refractivity contribution in [3.63, 3.8) is 0 Å². The molecular weight excluding hydrogens is 266 g/mol. The first kappa shape index (κ1) is 13.7. The fourth-order valence-corrected chi connectivity index (χ4v) is 2.16. The van der Waals surface area contributed by atoms with E-state index in [9.17, 15) is 0 Å². The summed E-state index contributed by atoms with van der Waals surface area (Å²) in [6.45, 7) is 10.7. The molecule has 16 heavy (non-hydrogen) atoms. The van der Waals surface area contributed by atoms with Gasteiger partial charge in [-0.1, -0.05) is 20.8 Å². The first-order valence-electron chi connectivity index (χ1n) is 5.98. The Morgan fingerprint density at radius 2 is 2.12 bits per heavy atom. The number of nitrogens with one attached hydrogen (secondary N) is 1. The molecule has 1 heterocycles. The van der Waals surface area contributed by atoms with E-state index >= 15 is 0 Å². The third-order valence-corrected chi connectivity index (χ3v) is 3.28. The molecule has 0 saturated carbocycles. The van der Waals surface area contributed by atoms with Gasteiger partial charge in [0.05, 0.1) is 16.4 Å². The quantitative estimate of drug-likeness (QED) is 0.872. The van der Waals surface area contributed by atoms with Gasteiger partial charge in [-0.2, -0.15) is 5.10 Å². The summed E-state index contributed by atoms with van der Waals surface area (Å²) in [5.74, 6) is 0.626. The van der Waals surface area contributed by atoms with Crippen LogP contribution in [0.4, 0.5) is 0 Å². The number of aromatic nitrogens is 2. The van der Waals surface area contributed by atoms with Gasteiger partial charge in [0.1, 0.15) is 0 Å². The standard InChI is InChI=1S/C12H22BrN3/c1-5-16-12(11(13)8-15-16)6-10(4)7-14-9(2)3/h8-10,14H,5-7H2,1-4H3. The van der Waals surface area contributed by atoms with Crippen LogP contribution < -0.4 is 5.32 Å². The Balaban J connectivity index is 2.54. The number of halogens is 1. The van der Waals surface area contributed by atoms with E-state index in [-0.39, 0.29) is 0 Å². The van der Waals surface area contributed by atoms with E-state index in [1.165, 1.54) is 5.69 Å². The first-order valence-corrected chi connectivity index (χ1v) is 6.77. The Kier molecular flexibility index (Phi) is 5.49. The topological polar surface area (TPSA) is 29.9 Å². The lowest BCUT2D eigenvalue weighted by atomic mass is 10.1. The number of nitrogens with zero attached hydrogens (tertiary/aromatic N) is 2. The summed E-state index contributed by atoms with van der Waals surface area (Å²) >= 11 is 3.56. The van der Waals surface area contributed by atoms with Crippen LogP contribution in [-0.2, 0) is 13.0 Å². The molecule has 0 bridgehead atoms. The van der Waals surface area contributed by atoms with Gasteiger partial charge in [0.15, 0.2) is 0 Å². The lowest BCUT2D eigenvalue weighted by Gasteiger charge is -2.15. The molecule has 0 amide bonds. The molecule has 4 heteroatoms. The fraction of sp³-hybridized carbons (Fsp3) is 0.750. The minimum absolute atomic E-state index is 0.557. The third-order valence-electron chi connectivity index (χ3n) is 2.61. The Hall–Kier alpha value is -0.350. The maximum atomic E-state index is 4.33. The Morgan fingerprint density at radius 1 is 1.44 bits per heavy atom. The summed E-state index contributed by atoms with van der Waals surface area (Å²) in [5, 5.41) is 7.80. The summed E-state index contributed by atoms with van der Waals surface area (Å²) in [6, 6.07) is 0.557. The molecule has 3 nitrogen and oxygen atoms in total. The van der Waals surface area contributed by atoms with E-state index in [1.54, 1.807) is 0 Å². The SMILES string of the molecule is CCn1ncc(Br)c1CC(C)CNC(C)C. The summed E-state index contributed by atoms with van der Waals surface area (Å²) < 4.78 is 3.20. The average Bonchev–Trinajstić information content (AvgIpc) is 2.57. The van der Waals surface area contributed by atoms with Crippen molar-refractivity contribution in [1.29, 1.82) is 0 Å². The van der Waals surface area contributed by atoms with Crippen molar-refractivity contribution in [3.8, 4) is 0 Å². The molecule has 1 rings (SSSR count). The van der Waals surface area contributed by atoms with Crippen molar-refractivity contribution in [1.82, 2.24) is 15.1 Å². The van der Waals surface area contributed by atoms with Crippen LogP contribution in [0.3, 0.4) is 0 Å². The number of hydrogen-bond donors (Lipinski definition) is 1. The van der Waals surface area contributed by atoms with E-state index < -0.39 is 0 Å². The van der Waals surface area contributed by atoms with Crippen LogP contribution in [-0.4, -0.2) is 22.4 Å². The van der Waals surface area contributed by atoms with Crippen molar-refractivity contribution < 1.29 is 0 Å². The smallest absolute Gasteiger partial charge is 0.0635 e. The summed E-state index contributed by atoms with van der Waals surface area (Å²) in [5.41, 5.74) is 1.31. The summed E-state index contributed by atoms with van der Waals surface area (Å²) in [6.07, 6.45) is 2.95. The van der Waals surface area contributed by atoms with Gasteiger partial charge in [0.25, 0.3) is 0 Å². The first-order chi connectivity index (χ1) is 7.54. The van der Waals surface area contributed by atoms with Gasteiger partial charge in [-0.05, 0) is 41.7 Å². The van der Waals surface area contributed by atoms with Crippen LogP contribution in [0.1, 0.15) is 33.4 Å². The van der Waals surface area contributed by atoms with Crippen molar-refractivity contribution in [2.24, 2.45) is 5.92 Å². The van der Waals surface area contributed by atoms with Gasteiger partial charge in [-0.15, -0.1) is 0 Å². The predicted octanol–water partition coefficient (Wildman–Crippen LogP) is 2.84. The van der Waals surface area contributed by atoms with E-state index in [0.717, 1.165) is 24.0 Å². The molecule has 1 N–H and O–H groups in total. The maximum Gasteiger partial charge on any atom is 0.0635 e. The molecule has 1 atom stereocenters.